The third-order valence-corrected chi connectivity index (χ3v) is 6.13. The number of ether oxygens (including phenoxy) is 3. The van der Waals surface area contributed by atoms with E-state index in [1.807, 2.05) is 0 Å². The zero-order chi connectivity index (χ0) is 20.1. The van der Waals surface area contributed by atoms with Crippen molar-refractivity contribution in [2.24, 2.45) is 0 Å². The average molecular weight is 408 g/mol. The molecule has 9 nitrogen and oxygen atoms in total. The molecule has 2 aromatic rings. The fourth-order valence-electron chi connectivity index (χ4n) is 2.73. The standard InChI is InChI=1S/C18H20N2O7S/c1-25-17-5-4-13(28(23,24)20-7-9-26-10-8-20)11-14(17)18(22)27-12-16(21)15-3-2-6-19-15/h2-6,11,19H,7-10,12H2,1H3. The van der Waals surface area contributed by atoms with E-state index < -0.39 is 28.4 Å². The number of esters is 1. The number of morpholine rings is 1. The van der Waals surface area contributed by atoms with Gasteiger partial charge in [0.05, 0.1) is 30.9 Å². The fourth-order valence-corrected chi connectivity index (χ4v) is 4.17. The molecule has 150 valence electrons. The van der Waals surface area contributed by atoms with E-state index in [0.29, 0.717) is 18.9 Å². The van der Waals surface area contributed by atoms with Crippen molar-refractivity contribution < 1.29 is 32.2 Å². The molecule has 3 rings (SSSR count). The maximum atomic E-state index is 12.8. The quantitative estimate of drug-likeness (QED) is 0.538. The van der Waals surface area contributed by atoms with E-state index in [4.69, 9.17) is 14.2 Å². The molecule has 0 unspecified atom stereocenters. The minimum Gasteiger partial charge on any atom is -0.496 e. The highest BCUT2D eigenvalue weighted by molar-refractivity contribution is 7.89. The largest absolute Gasteiger partial charge is 0.496 e. The molecule has 2 heterocycles. The molecule has 28 heavy (non-hydrogen) atoms. The van der Waals surface area contributed by atoms with E-state index in [0.717, 1.165) is 0 Å². The van der Waals surface area contributed by atoms with Crippen LogP contribution in [0, 0.1) is 0 Å². The third kappa shape index (κ3) is 4.24. The number of benzene rings is 1. The lowest BCUT2D eigenvalue weighted by Gasteiger charge is -2.26. The molecule has 1 N–H and O–H groups in total. The number of rotatable bonds is 7. The highest BCUT2D eigenvalue weighted by Crippen LogP contribution is 2.26. The Morgan fingerprint density at radius 2 is 1.96 bits per heavy atom. The second kappa shape index (κ2) is 8.55. The van der Waals surface area contributed by atoms with Crippen LogP contribution in [-0.2, 0) is 19.5 Å². The Hall–Kier alpha value is -2.69. The number of hydrogen-bond acceptors (Lipinski definition) is 7. The predicted molar refractivity (Wildman–Crippen MR) is 98.0 cm³/mol. The molecule has 1 aromatic carbocycles. The second-order valence-electron chi connectivity index (χ2n) is 5.96. The molecule has 0 bridgehead atoms. The Morgan fingerprint density at radius 3 is 2.61 bits per heavy atom. The first-order valence-electron chi connectivity index (χ1n) is 8.53. The Kier molecular flexibility index (Phi) is 6.12. The number of nitrogens with zero attached hydrogens (tertiary/aromatic N) is 1. The van der Waals surface area contributed by atoms with E-state index in [-0.39, 0.29) is 29.3 Å². The molecular weight excluding hydrogens is 388 g/mol. The third-order valence-electron chi connectivity index (χ3n) is 4.23. The van der Waals surface area contributed by atoms with Gasteiger partial charge in [0, 0.05) is 19.3 Å². The smallest absolute Gasteiger partial charge is 0.342 e. The molecule has 0 spiro atoms. The SMILES string of the molecule is COc1ccc(S(=O)(=O)N2CCOCC2)cc1C(=O)OCC(=O)c1ccc[nH]1. The lowest BCUT2D eigenvalue weighted by Crippen LogP contribution is -2.40. The van der Waals surface area contributed by atoms with Gasteiger partial charge in [0.25, 0.3) is 0 Å². The van der Waals surface area contributed by atoms with Gasteiger partial charge in [-0.1, -0.05) is 0 Å². The van der Waals surface area contributed by atoms with Gasteiger partial charge in [-0.3, -0.25) is 4.79 Å². The number of ketones is 1. The van der Waals surface area contributed by atoms with Crippen molar-refractivity contribution in [1.82, 2.24) is 9.29 Å². The minimum absolute atomic E-state index is 0.0576. The van der Waals surface area contributed by atoms with Crippen molar-refractivity contribution >= 4 is 21.8 Å². The number of carbonyl (C=O) groups excluding carboxylic acids is 2. The molecular formula is C18H20N2O7S. The van der Waals surface area contributed by atoms with Crippen molar-refractivity contribution in [3.63, 3.8) is 0 Å². The molecule has 1 aliphatic rings. The fraction of sp³-hybridized carbons (Fsp3) is 0.333. The summed E-state index contributed by atoms with van der Waals surface area (Å²) in [5, 5.41) is 0. The average Bonchev–Trinajstić information content (AvgIpc) is 3.27. The van der Waals surface area contributed by atoms with Gasteiger partial charge in [-0.15, -0.1) is 0 Å². The lowest BCUT2D eigenvalue weighted by atomic mass is 10.2. The summed E-state index contributed by atoms with van der Waals surface area (Å²) >= 11 is 0. The summed E-state index contributed by atoms with van der Waals surface area (Å²) in [5.74, 6) is -1.11. The van der Waals surface area contributed by atoms with Gasteiger partial charge in [0.15, 0.2) is 6.61 Å². The normalized spacial score (nSPS) is 15.2. The van der Waals surface area contributed by atoms with Crippen LogP contribution in [0.5, 0.6) is 5.75 Å². The topological polar surface area (TPSA) is 115 Å². The van der Waals surface area contributed by atoms with Crippen LogP contribution in [0.15, 0.2) is 41.4 Å². The maximum absolute atomic E-state index is 12.8. The van der Waals surface area contributed by atoms with Crippen LogP contribution in [0.3, 0.4) is 0 Å². The van der Waals surface area contributed by atoms with E-state index >= 15 is 0 Å². The molecule has 0 radical (unpaired) electrons. The van der Waals surface area contributed by atoms with Crippen molar-refractivity contribution in [2.75, 3.05) is 40.0 Å². The van der Waals surface area contributed by atoms with Crippen molar-refractivity contribution in [2.45, 2.75) is 4.90 Å². The van der Waals surface area contributed by atoms with Crippen LogP contribution in [0.4, 0.5) is 0 Å². The Balaban J connectivity index is 1.80. The van der Waals surface area contributed by atoms with E-state index in [2.05, 4.69) is 4.98 Å². The van der Waals surface area contributed by atoms with Crippen LogP contribution in [0.2, 0.25) is 0 Å². The molecule has 0 saturated carbocycles. The summed E-state index contributed by atoms with van der Waals surface area (Å²) in [5.41, 5.74) is 0.236. The van der Waals surface area contributed by atoms with E-state index in [9.17, 15) is 18.0 Å². The van der Waals surface area contributed by atoms with Gasteiger partial charge >= 0.3 is 5.97 Å². The Bertz CT molecular complexity index is 948. The number of Topliss-reactive ketones (excluding diaryl/α,β-unsaturated/α-hetero) is 1. The monoisotopic (exact) mass is 408 g/mol. The molecule has 1 saturated heterocycles. The minimum atomic E-state index is -3.79. The van der Waals surface area contributed by atoms with Crippen LogP contribution in [0.1, 0.15) is 20.8 Å². The number of H-pyrrole nitrogens is 1. The van der Waals surface area contributed by atoms with Crippen molar-refractivity contribution in [3.8, 4) is 5.75 Å². The van der Waals surface area contributed by atoms with Crippen molar-refractivity contribution in [3.05, 3.63) is 47.8 Å². The van der Waals surface area contributed by atoms with Crippen LogP contribution < -0.4 is 4.74 Å². The second-order valence-corrected chi connectivity index (χ2v) is 7.90. The number of aromatic amines is 1. The van der Waals surface area contributed by atoms with Gasteiger partial charge in [-0.05, 0) is 30.3 Å². The Morgan fingerprint density at radius 1 is 1.21 bits per heavy atom. The molecule has 0 atom stereocenters. The summed E-state index contributed by atoms with van der Waals surface area (Å²) in [6, 6.07) is 7.16. The highest BCUT2D eigenvalue weighted by Gasteiger charge is 2.28. The summed E-state index contributed by atoms with van der Waals surface area (Å²) in [6.45, 7) is 0.608. The molecule has 10 heteroatoms. The molecule has 0 aliphatic carbocycles. The van der Waals surface area contributed by atoms with Crippen LogP contribution >= 0.6 is 0 Å². The summed E-state index contributed by atoms with van der Waals surface area (Å²) < 4.78 is 42.3. The van der Waals surface area contributed by atoms with Crippen LogP contribution in [-0.4, -0.2) is 69.5 Å². The molecule has 1 fully saturated rings. The van der Waals surface area contributed by atoms with Crippen molar-refractivity contribution in [1.29, 1.82) is 0 Å². The number of sulfonamides is 1. The van der Waals surface area contributed by atoms with E-state index in [1.165, 1.54) is 29.6 Å². The first-order valence-corrected chi connectivity index (χ1v) is 9.97. The van der Waals surface area contributed by atoms with Gasteiger partial charge in [-0.25, -0.2) is 13.2 Å². The number of methoxy groups -OCH3 is 1. The number of hydrogen-bond donors (Lipinski definition) is 1. The van der Waals surface area contributed by atoms with Crippen LogP contribution in [0.25, 0.3) is 0 Å². The first kappa shape index (κ1) is 20.1. The predicted octanol–water partition coefficient (Wildman–Crippen LogP) is 1.08. The van der Waals surface area contributed by atoms with E-state index in [1.54, 1.807) is 18.3 Å². The van der Waals surface area contributed by atoms with Gasteiger partial charge in [-0.2, -0.15) is 4.31 Å². The maximum Gasteiger partial charge on any atom is 0.342 e. The number of nitrogens with one attached hydrogen (secondary N) is 1. The van der Waals surface area contributed by atoms with Gasteiger partial charge < -0.3 is 19.2 Å². The molecule has 1 aliphatic heterocycles. The summed E-state index contributed by atoms with van der Waals surface area (Å²) in [6.07, 6.45) is 1.58. The zero-order valence-corrected chi connectivity index (χ0v) is 16.0. The Labute approximate surface area is 162 Å². The summed E-state index contributed by atoms with van der Waals surface area (Å²) in [7, 11) is -2.44. The first-order chi connectivity index (χ1) is 13.4. The van der Waals surface area contributed by atoms with Gasteiger partial charge in [0.1, 0.15) is 11.3 Å². The lowest BCUT2D eigenvalue weighted by molar-refractivity contribution is 0.0470. The number of carbonyl (C=O) groups is 2. The number of aromatic nitrogens is 1. The van der Waals surface area contributed by atoms with Gasteiger partial charge in [0.2, 0.25) is 15.8 Å². The molecule has 0 amide bonds. The highest BCUT2D eigenvalue weighted by atomic mass is 32.2. The molecule has 1 aromatic heterocycles. The zero-order valence-electron chi connectivity index (χ0n) is 15.2. The summed E-state index contributed by atoms with van der Waals surface area (Å²) in [4.78, 5) is 27.1.